The minimum atomic E-state index is -0.358. The van der Waals surface area contributed by atoms with Gasteiger partial charge in [0.15, 0.2) is 0 Å². The summed E-state index contributed by atoms with van der Waals surface area (Å²) in [5.74, 6) is -0.526. The van der Waals surface area contributed by atoms with Gasteiger partial charge in [-0.2, -0.15) is 0 Å². The summed E-state index contributed by atoms with van der Waals surface area (Å²) in [5.41, 5.74) is 0.109. The van der Waals surface area contributed by atoms with E-state index in [2.05, 4.69) is 5.32 Å². The average Bonchev–Trinajstić information content (AvgIpc) is 2.97. The predicted molar refractivity (Wildman–Crippen MR) is 105 cm³/mol. The minimum absolute atomic E-state index is 0.0202. The van der Waals surface area contributed by atoms with Crippen LogP contribution in [0.1, 0.15) is 52.6 Å². The Morgan fingerprint density at radius 1 is 1.15 bits per heavy atom. The summed E-state index contributed by atoms with van der Waals surface area (Å²) in [7, 11) is 1.57. The van der Waals surface area contributed by atoms with Crippen LogP contribution in [0.25, 0.3) is 0 Å². The largest absolute Gasteiger partial charge is 0.334 e. The zero-order valence-electron chi connectivity index (χ0n) is 16.0. The number of carbonyl (C=O) groups excluding carboxylic acids is 2. The Hall–Kier alpha value is -2.41. The van der Waals surface area contributed by atoms with Crippen LogP contribution in [0.3, 0.4) is 0 Å². The van der Waals surface area contributed by atoms with Crippen LogP contribution >= 0.6 is 11.3 Å². The number of thiophene rings is 1. The van der Waals surface area contributed by atoms with Crippen molar-refractivity contribution in [3.05, 3.63) is 50.1 Å². The lowest BCUT2D eigenvalue weighted by atomic mass is 10.1. The molecule has 0 fully saturated rings. The van der Waals surface area contributed by atoms with Crippen molar-refractivity contribution in [2.45, 2.75) is 46.7 Å². The molecule has 0 aliphatic heterocycles. The zero-order chi connectivity index (χ0) is 19.6. The number of aromatic nitrogens is 1. The third-order valence-electron chi connectivity index (χ3n) is 3.99. The first-order valence-corrected chi connectivity index (χ1v) is 9.34. The number of carbonyl (C=O) groups is 2. The van der Waals surface area contributed by atoms with Gasteiger partial charge in [-0.15, -0.1) is 11.3 Å². The summed E-state index contributed by atoms with van der Waals surface area (Å²) in [5, 5.41) is 2.64. The molecule has 0 atom stereocenters. The zero-order valence-corrected chi connectivity index (χ0v) is 16.8. The minimum Gasteiger partial charge on any atom is -0.334 e. The average molecular weight is 375 g/mol. The second-order valence-corrected chi connectivity index (χ2v) is 8.11. The first-order chi connectivity index (χ1) is 12.1. The summed E-state index contributed by atoms with van der Waals surface area (Å²) < 4.78 is 1.32. The summed E-state index contributed by atoms with van der Waals surface area (Å²) in [6.07, 6.45) is 1.51. The van der Waals surface area contributed by atoms with Crippen molar-refractivity contribution in [2.24, 2.45) is 7.05 Å². The SMILES string of the molecule is Cc1ccc(C(=O)Nc2cc(C(=O)N(C(C)C)C(C)C)cn(C)c2=O)s1. The monoisotopic (exact) mass is 375 g/mol. The lowest BCUT2D eigenvalue weighted by Gasteiger charge is -2.31. The van der Waals surface area contributed by atoms with Gasteiger partial charge in [0.25, 0.3) is 17.4 Å². The van der Waals surface area contributed by atoms with E-state index < -0.39 is 0 Å². The van der Waals surface area contributed by atoms with E-state index >= 15 is 0 Å². The molecule has 140 valence electrons. The molecule has 26 heavy (non-hydrogen) atoms. The molecule has 1 N–H and O–H groups in total. The molecule has 0 aliphatic carbocycles. The quantitative estimate of drug-likeness (QED) is 0.872. The third kappa shape index (κ3) is 4.22. The maximum Gasteiger partial charge on any atom is 0.274 e. The van der Waals surface area contributed by atoms with Gasteiger partial charge in [0.1, 0.15) is 5.69 Å². The highest BCUT2D eigenvalue weighted by Crippen LogP contribution is 2.18. The van der Waals surface area contributed by atoms with Gasteiger partial charge in [0.2, 0.25) is 0 Å². The number of anilines is 1. The molecule has 0 spiro atoms. The van der Waals surface area contributed by atoms with Gasteiger partial charge in [-0.05, 0) is 52.8 Å². The lowest BCUT2D eigenvalue weighted by Crippen LogP contribution is -2.42. The number of pyridine rings is 1. The van der Waals surface area contributed by atoms with Crippen LogP contribution in [-0.2, 0) is 7.05 Å². The number of aryl methyl sites for hydroxylation is 2. The first-order valence-electron chi connectivity index (χ1n) is 8.53. The number of hydrogen-bond acceptors (Lipinski definition) is 4. The van der Waals surface area contributed by atoms with Crippen molar-refractivity contribution in [2.75, 3.05) is 5.32 Å². The van der Waals surface area contributed by atoms with E-state index in [1.807, 2.05) is 40.7 Å². The molecule has 0 saturated heterocycles. The topological polar surface area (TPSA) is 71.4 Å². The third-order valence-corrected chi connectivity index (χ3v) is 4.99. The maximum atomic E-state index is 12.9. The molecule has 7 heteroatoms. The second-order valence-electron chi connectivity index (χ2n) is 6.82. The van der Waals surface area contributed by atoms with Gasteiger partial charge in [0, 0.05) is 30.2 Å². The molecule has 0 aromatic carbocycles. The Bertz CT molecular complexity index is 872. The highest BCUT2D eigenvalue weighted by atomic mass is 32.1. The van der Waals surface area contributed by atoms with Crippen molar-refractivity contribution in [3.63, 3.8) is 0 Å². The maximum absolute atomic E-state index is 12.9. The summed E-state index contributed by atoms with van der Waals surface area (Å²) in [6.45, 7) is 9.69. The number of nitrogens with one attached hydrogen (secondary N) is 1. The molecule has 0 bridgehead atoms. The molecule has 0 radical (unpaired) electrons. The van der Waals surface area contributed by atoms with E-state index in [0.717, 1.165) is 4.88 Å². The van der Waals surface area contributed by atoms with Crippen LogP contribution in [0, 0.1) is 6.92 Å². The van der Waals surface area contributed by atoms with Gasteiger partial charge in [0.05, 0.1) is 10.4 Å². The van der Waals surface area contributed by atoms with Crippen molar-refractivity contribution >= 4 is 28.8 Å². The molecule has 0 saturated carbocycles. The number of rotatable bonds is 5. The van der Waals surface area contributed by atoms with E-state index in [-0.39, 0.29) is 35.1 Å². The Balaban J connectivity index is 2.38. The van der Waals surface area contributed by atoms with Crippen molar-refractivity contribution < 1.29 is 9.59 Å². The fourth-order valence-corrected chi connectivity index (χ4v) is 3.64. The summed E-state index contributed by atoms with van der Waals surface area (Å²) >= 11 is 1.35. The molecule has 2 amide bonds. The molecule has 2 rings (SSSR count). The van der Waals surface area contributed by atoms with Crippen LogP contribution in [0.15, 0.2) is 29.2 Å². The van der Waals surface area contributed by atoms with Gasteiger partial charge < -0.3 is 14.8 Å². The highest BCUT2D eigenvalue weighted by Gasteiger charge is 2.23. The Kier molecular flexibility index (Phi) is 6.02. The smallest absolute Gasteiger partial charge is 0.274 e. The number of nitrogens with zero attached hydrogens (tertiary/aromatic N) is 2. The van der Waals surface area contributed by atoms with Gasteiger partial charge in [-0.1, -0.05) is 0 Å². The molecular formula is C19H25N3O3S. The van der Waals surface area contributed by atoms with E-state index in [1.165, 1.54) is 28.2 Å². The van der Waals surface area contributed by atoms with Crippen molar-refractivity contribution in [3.8, 4) is 0 Å². The predicted octanol–water partition coefficient (Wildman–Crippen LogP) is 3.27. The van der Waals surface area contributed by atoms with Gasteiger partial charge in [-0.25, -0.2) is 0 Å². The standard InChI is InChI=1S/C19H25N3O3S/c1-11(2)22(12(3)4)18(24)14-9-15(19(25)21(6)10-14)20-17(23)16-8-7-13(5)26-16/h7-12H,1-6H3,(H,20,23). The normalized spacial score (nSPS) is 11.1. The van der Waals surface area contributed by atoms with Crippen LogP contribution in [-0.4, -0.2) is 33.4 Å². The van der Waals surface area contributed by atoms with Gasteiger partial charge >= 0.3 is 0 Å². The molecule has 0 unspecified atom stereocenters. The van der Waals surface area contributed by atoms with E-state index in [1.54, 1.807) is 18.0 Å². The molecule has 2 aromatic rings. The van der Waals surface area contributed by atoms with Crippen LogP contribution < -0.4 is 10.9 Å². The Morgan fingerprint density at radius 2 is 1.77 bits per heavy atom. The molecule has 2 aromatic heterocycles. The molecule has 2 heterocycles. The Morgan fingerprint density at radius 3 is 2.27 bits per heavy atom. The van der Waals surface area contributed by atoms with E-state index in [4.69, 9.17) is 0 Å². The van der Waals surface area contributed by atoms with E-state index in [9.17, 15) is 14.4 Å². The lowest BCUT2D eigenvalue weighted by molar-refractivity contribution is 0.0642. The molecular weight excluding hydrogens is 350 g/mol. The van der Waals surface area contributed by atoms with Crippen LogP contribution in [0.2, 0.25) is 0 Å². The number of hydrogen-bond donors (Lipinski definition) is 1. The second kappa shape index (κ2) is 7.86. The summed E-state index contributed by atoms with van der Waals surface area (Å²) in [4.78, 5) is 40.9. The van der Waals surface area contributed by atoms with Gasteiger partial charge in [-0.3, -0.25) is 14.4 Å². The van der Waals surface area contributed by atoms with Crippen molar-refractivity contribution in [1.82, 2.24) is 9.47 Å². The van der Waals surface area contributed by atoms with E-state index in [0.29, 0.717) is 10.4 Å². The van der Waals surface area contributed by atoms with Crippen LogP contribution in [0.4, 0.5) is 5.69 Å². The fourth-order valence-electron chi connectivity index (χ4n) is 2.87. The fraction of sp³-hybridized carbons (Fsp3) is 0.421. The summed E-state index contributed by atoms with van der Waals surface area (Å²) in [6, 6.07) is 5.06. The number of amides is 2. The molecule has 0 aliphatic rings. The first kappa shape index (κ1) is 19.9. The van der Waals surface area contributed by atoms with Crippen molar-refractivity contribution in [1.29, 1.82) is 0 Å². The molecule has 6 nitrogen and oxygen atoms in total. The highest BCUT2D eigenvalue weighted by molar-refractivity contribution is 7.14. The van der Waals surface area contributed by atoms with Crippen LogP contribution in [0.5, 0.6) is 0 Å². The Labute approximate surface area is 157 Å².